The van der Waals surface area contributed by atoms with E-state index in [9.17, 15) is 13.2 Å². The van der Waals surface area contributed by atoms with Crippen molar-refractivity contribution in [1.29, 1.82) is 0 Å². The molecule has 2 rings (SSSR count). The molecular weight excluding hydrogens is 360 g/mol. The number of halogens is 1. The molecule has 1 heterocycles. The van der Waals surface area contributed by atoms with Crippen LogP contribution in [0.1, 0.15) is 28.2 Å². The largest absolute Gasteiger partial charge is 0.465 e. The Morgan fingerprint density at radius 2 is 1.96 bits per heavy atom. The summed E-state index contributed by atoms with van der Waals surface area (Å²) in [6.45, 7) is 1.89. The van der Waals surface area contributed by atoms with Crippen molar-refractivity contribution in [3.63, 3.8) is 0 Å². The van der Waals surface area contributed by atoms with Crippen LogP contribution in [0.5, 0.6) is 0 Å². The number of methoxy groups -OCH3 is 1. The summed E-state index contributed by atoms with van der Waals surface area (Å²) in [7, 11) is -1.94. The smallest absolute Gasteiger partial charge is 0.351 e. The van der Waals surface area contributed by atoms with Gasteiger partial charge in [0, 0.05) is 6.26 Å². The average molecular weight is 375 g/mol. The molecule has 6 nitrogen and oxygen atoms in total. The standard InChI is InChI=1S/C14H15ClN2O4S2/c1-8(9-4-6-10(7-5-9)23(3,19)20)16-14-17-12(15)11(22-14)13(18)21-2/h4-8H,1-3H3,(H,16,17)/t8-/m0/s1. The summed E-state index contributed by atoms with van der Waals surface area (Å²) in [5, 5.41) is 3.69. The summed E-state index contributed by atoms with van der Waals surface area (Å²) in [6, 6.07) is 6.42. The Hall–Kier alpha value is -1.64. The molecule has 0 unspecified atom stereocenters. The van der Waals surface area contributed by atoms with Crippen molar-refractivity contribution in [2.24, 2.45) is 0 Å². The number of benzene rings is 1. The molecule has 9 heteroatoms. The van der Waals surface area contributed by atoms with Gasteiger partial charge in [-0.15, -0.1) is 0 Å². The third kappa shape index (κ3) is 4.21. The number of ether oxygens (including phenoxy) is 1. The maximum Gasteiger partial charge on any atom is 0.351 e. The second kappa shape index (κ2) is 6.86. The maximum absolute atomic E-state index is 11.5. The highest BCUT2D eigenvalue weighted by atomic mass is 35.5. The number of esters is 1. The van der Waals surface area contributed by atoms with Crippen LogP contribution in [0.15, 0.2) is 29.2 Å². The van der Waals surface area contributed by atoms with Gasteiger partial charge in [-0.3, -0.25) is 0 Å². The van der Waals surface area contributed by atoms with E-state index in [-0.39, 0.29) is 21.0 Å². The monoisotopic (exact) mass is 374 g/mol. The molecule has 1 aromatic carbocycles. The predicted octanol–water partition coefficient (Wildman–Crippen LogP) is 3.16. The molecule has 1 N–H and O–H groups in total. The van der Waals surface area contributed by atoms with Crippen LogP contribution in [0, 0.1) is 0 Å². The highest BCUT2D eigenvalue weighted by Gasteiger charge is 2.18. The van der Waals surface area contributed by atoms with Crippen LogP contribution in [0.4, 0.5) is 5.13 Å². The number of hydrogen-bond donors (Lipinski definition) is 1. The molecule has 0 saturated heterocycles. The first-order valence-electron chi connectivity index (χ1n) is 6.53. The third-order valence-corrected chi connectivity index (χ3v) is 5.59. The van der Waals surface area contributed by atoms with Gasteiger partial charge in [-0.05, 0) is 24.6 Å². The van der Waals surface area contributed by atoms with E-state index in [1.165, 1.54) is 7.11 Å². The van der Waals surface area contributed by atoms with Crippen LogP contribution >= 0.6 is 22.9 Å². The molecule has 124 valence electrons. The van der Waals surface area contributed by atoms with E-state index in [0.717, 1.165) is 23.2 Å². The minimum atomic E-state index is -3.22. The third-order valence-electron chi connectivity index (χ3n) is 3.10. The number of hydrogen-bond acceptors (Lipinski definition) is 7. The maximum atomic E-state index is 11.5. The van der Waals surface area contributed by atoms with Crippen molar-refractivity contribution in [3.05, 3.63) is 39.9 Å². The number of rotatable bonds is 5. The Balaban J connectivity index is 2.16. The zero-order chi connectivity index (χ0) is 17.2. The Kier molecular flexibility index (Phi) is 5.28. The van der Waals surface area contributed by atoms with Crippen molar-refractivity contribution in [3.8, 4) is 0 Å². The Morgan fingerprint density at radius 1 is 1.35 bits per heavy atom. The van der Waals surface area contributed by atoms with Gasteiger partial charge in [-0.2, -0.15) is 0 Å². The van der Waals surface area contributed by atoms with Crippen molar-refractivity contribution >= 4 is 43.9 Å². The first-order valence-corrected chi connectivity index (χ1v) is 9.62. The van der Waals surface area contributed by atoms with Crippen LogP contribution in [-0.4, -0.2) is 32.7 Å². The van der Waals surface area contributed by atoms with Crippen molar-refractivity contribution in [2.75, 3.05) is 18.7 Å². The number of thiazole rings is 1. The van der Waals surface area contributed by atoms with Crippen molar-refractivity contribution in [2.45, 2.75) is 17.9 Å². The first-order chi connectivity index (χ1) is 10.7. The lowest BCUT2D eigenvalue weighted by Gasteiger charge is -2.13. The molecule has 0 aliphatic heterocycles. The van der Waals surface area contributed by atoms with E-state index < -0.39 is 15.8 Å². The number of carbonyl (C=O) groups excluding carboxylic acids is 1. The SMILES string of the molecule is COC(=O)c1sc(N[C@@H](C)c2ccc(S(C)(=O)=O)cc2)nc1Cl. The number of nitrogens with zero attached hydrogens (tertiary/aromatic N) is 1. The van der Waals surface area contributed by atoms with Gasteiger partial charge in [0.15, 0.2) is 25.0 Å². The van der Waals surface area contributed by atoms with Crippen LogP contribution in [0.3, 0.4) is 0 Å². The summed E-state index contributed by atoms with van der Waals surface area (Å²) in [5.74, 6) is -0.536. The highest BCUT2D eigenvalue weighted by molar-refractivity contribution is 7.90. The zero-order valence-electron chi connectivity index (χ0n) is 12.7. The lowest BCUT2D eigenvalue weighted by Crippen LogP contribution is -2.06. The highest BCUT2D eigenvalue weighted by Crippen LogP contribution is 2.30. The first kappa shape index (κ1) is 17.7. The molecular formula is C14H15ClN2O4S2. The Bertz CT molecular complexity index is 816. The number of anilines is 1. The number of nitrogens with one attached hydrogen (secondary N) is 1. The molecule has 0 fully saturated rings. The van der Waals surface area contributed by atoms with Gasteiger partial charge in [0.2, 0.25) is 0 Å². The van der Waals surface area contributed by atoms with Gasteiger partial charge in [-0.1, -0.05) is 35.1 Å². The van der Waals surface area contributed by atoms with E-state index in [4.69, 9.17) is 11.6 Å². The summed E-state index contributed by atoms with van der Waals surface area (Å²) in [6.07, 6.45) is 1.16. The fourth-order valence-corrected chi connectivity index (χ4v) is 3.67. The van der Waals surface area contributed by atoms with Gasteiger partial charge in [-0.25, -0.2) is 18.2 Å². The van der Waals surface area contributed by atoms with E-state index in [2.05, 4.69) is 15.0 Å². The number of aromatic nitrogens is 1. The topological polar surface area (TPSA) is 85.4 Å². The predicted molar refractivity (Wildman–Crippen MR) is 90.1 cm³/mol. The molecule has 0 aliphatic carbocycles. The summed E-state index contributed by atoms with van der Waals surface area (Å²) < 4.78 is 27.5. The molecule has 0 aliphatic rings. The van der Waals surface area contributed by atoms with Crippen molar-refractivity contribution < 1.29 is 17.9 Å². The van der Waals surface area contributed by atoms with Crippen LogP contribution < -0.4 is 5.32 Å². The zero-order valence-corrected chi connectivity index (χ0v) is 15.1. The minimum Gasteiger partial charge on any atom is -0.465 e. The minimum absolute atomic E-state index is 0.0870. The molecule has 0 radical (unpaired) electrons. The quantitative estimate of drug-likeness (QED) is 0.809. The lowest BCUT2D eigenvalue weighted by atomic mass is 10.1. The van der Waals surface area contributed by atoms with Crippen LogP contribution in [0.2, 0.25) is 5.15 Å². The molecule has 2 aromatic rings. The molecule has 1 atom stereocenters. The lowest BCUT2D eigenvalue weighted by molar-refractivity contribution is 0.0606. The summed E-state index contributed by atoms with van der Waals surface area (Å²) in [4.78, 5) is 16.1. The number of carbonyl (C=O) groups is 1. The van der Waals surface area contributed by atoms with E-state index in [1.807, 2.05) is 6.92 Å². The molecule has 0 spiro atoms. The summed E-state index contributed by atoms with van der Waals surface area (Å²) >= 11 is 7.01. The Labute approximate surface area is 143 Å². The van der Waals surface area contributed by atoms with E-state index >= 15 is 0 Å². The second-order valence-corrected chi connectivity index (χ2v) is 8.21. The number of sulfone groups is 1. The van der Waals surface area contributed by atoms with Crippen LogP contribution in [0.25, 0.3) is 0 Å². The normalized spacial score (nSPS) is 12.7. The van der Waals surface area contributed by atoms with E-state index in [1.54, 1.807) is 24.3 Å². The van der Waals surface area contributed by atoms with Gasteiger partial charge < -0.3 is 10.1 Å². The van der Waals surface area contributed by atoms with E-state index in [0.29, 0.717) is 5.13 Å². The van der Waals surface area contributed by atoms with Gasteiger partial charge >= 0.3 is 5.97 Å². The Morgan fingerprint density at radius 3 is 2.48 bits per heavy atom. The van der Waals surface area contributed by atoms with Gasteiger partial charge in [0.25, 0.3) is 0 Å². The van der Waals surface area contributed by atoms with Crippen molar-refractivity contribution in [1.82, 2.24) is 4.98 Å². The molecule has 0 amide bonds. The fraction of sp³-hybridized carbons (Fsp3) is 0.286. The molecule has 0 saturated carbocycles. The van der Waals surface area contributed by atoms with Crippen LogP contribution in [-0.2, 0) is 14.6 Å². The molecule has 0 bridgehead atoms. The average Bonchev–Trinajstić information content (AvgIpc) is 2.86. The summed E-state index contributed by atoms with van der Waals surface area (Å²) in [5.41, 5.74) is 0.878. The van der Waals surface area contributed by atoms with Gasteiger partial charge in [0.05, 0.1) is 18.0 Å². The molecule has 1 aromatic heterocycles. The van der Waals surface area contributed by atoms with Gasteiger partial charge in [0.1, 0.15) is 0 Å². The second-order valence-electron chi connectivity index (χ2n) is 4.84. The molecule has 23 heavy (non-hydrogen) atoms. The fourth-order valence-electron chi connectivity index (χ4n) is 1.85.